The molecule has 4 amide bonds. The highest BCUT2D eigenvalue weighted by molar-refractivity contribution is 6.07. The number of nitrogens with zero attached hydrogens (tertiary/aromatic N) is 3. The molecule has 7 nitrogen and oxygen atoms in total. The van der Waals surface area contributed by atoms with Gasteiger partial charge in [-0.3, -0.25) is 14.5 Å². The van der Waals surface area contributed by atoms with Gasteiger partial charge >= 0.3 is 12.4 Å². The Bertz CT molecular complexity index is 819. The molecule has 0 aliphatic carbocycles. The molecule has 152 valence electrons. The Kier molecular flexibility index (Phi) is 4.76. The van der Waals surface area contributed by atoms with Gasteiger partial charge in [0.2, 0.25) is 5.91 Å². The molecule has 1 unspecified atom stereocenters. The molecule has 2 aliphatic rings. The van der Waals surface area contributed by atoms with Crippen molar-refractivity contribution in [3.05, 3.63) is 24.3 Å². The monoisotopic (exact) mass is 399 g/mol. The Hall–Kier alpha value is -2.78. The molecule has 1 atom stereocenters. The third-order valence-corrected chi connectivity index (χ3v) is 4.58. The Morgan fingerprint density at radius 3 is 2.36 bits per heavy atom. The van der Waals surface area contributed by atoms with Gasteiger partial charge in [-0.05, 0) is 39.3 Å². The number of rotatable bonds is 3. The second-order valence-corrected chi connectivity index (χ2v) is 7.65. The van der Waals surface area contributed by atoms with Crippen molar-refractivity contribution in [2.24, 2.45) is 0 Å². The van der Waals surface area contributed by atoms with E-state index in [9.17, 15) is 27.6 Å². The Morgan fingerprint density at radius 2 is 1.79 bits per heavy atom. The van der Waals surface area contributed by atoms with Crippen LogP contribution in [-0.4, -0.2) is 58.7 Å². The fourth-order valence-corrected chi connectivity index (χ4v) is 3.48. The SMILES string of the molecule is CC(C)(C)N1C(=O)CN(C2CCN(c3cccc(OC(F)(F)F)c3)C2=O)C1=O. The molecule has 10 heteroatoms. The second-order valence-electron chi connectivity index (χ2n) is 7.65. The van der Waals surface area contributed by atoms with Crippen molar-refractivity contribution in [2.75, 3.05) is 18.0 Å². The van der Waals surface area contributed by atoms with Gasteiger partial charge in [-0.1, -0.05) is 6.07 Å². The van der Waals surface area contributed by atoms with E-state index in [-0.39, 0.29) is 31.1 Å². The smallest absolute Gasteiger partial charge is 0.406 e. The van der Waals surface area contributed by atoms with Gasteiger partial charge in [-0.2, -0.15) is 0 Å². The first kappa shape index (κ1) is 20.0. The first-order chi connectivity index (χ1) is 12.9. The second kappa shape index (κ2) is 6.68. The van der Waals surface area contributed by atoms with Crippen molar-refractivity contribution in [3.63, 3.8) is 0 Å². The van der Waals surface area contributed by atoms with E-state index in [1.54, 1.807) is 20.8 Å². The summed E-state index contributed by atoms with van der Waals surface area (Å²) in [5.41, 5.74) is -0.479. The summed E-state index contributed by atoms with van der Waals surface area (Å²) in [4.78, 5) is 41.4. The molecule has 3 rings (SSSR count). The maximum Gasteiger partial charge on any atom is 0.573 e. The average Bonchev–Trinajstić information content (AvgIpc) is 3.05. The highest BCUT2D eigenvalue weighted by Crippen LogP contribution is 2.32. The number of urea groups is 1. The summed E-state index contributed by atoms with van der Waals surface area (Å²) in [6.45, 7) is 5.19. The number of amides is 4. The van der Waals surface area contributed by atoms with Gasteiger partial charge in [0.05, 0.1) is 0 Å². The molecule has 2 heterocycles. The molecule has 1 aromatic carbocycles. The third-order valence-electron chi connectivity index (χ3n) is 4.58. The Balaban J connectivity index is 1.78. The van der Waals surface area contributed by atoms with Gasteiger partial charge in [0.25, 0.3) is 5.91 Å². The zero-order chi connectivity index (χ0) is 20.9. The van der Waals surface area contributed by atoms with Gasteiger partial charge < -0.3 is 14.5 Å². The summed E-state index contributed by atoms with van der Waals surface area (Å²) in [5, 5.41) is 0. The van der Waals surface area contributed by atoms with Crippen LogP contribution in [0.3, 0.4) is 0 Å². The van der Waals surface area contributed by atoms with Crippen LogP contribution in [0, 0.1) is 0 Å². The van der Waals surface area contributed by atoms with Crippen molar-refractivity contribution in [3.8, 4) is 5.75 Å². The molecule has 2 aliphatic heterocycles. The minimum Gasteiger partial charge on any atom is -0.406 e. The van der Waals surface area contributed by atoms with Crippen molar-refractivity contribution < 1.29 is 32.3 Å². The summed E-state index contributed by atoms with van der Waals surface area (Å²) in [5.74, 6) is -1.27. The molecule has 0 bridgehead atoms. The molecule has 1 aromatic rings. The van der Waals surface area contributed by atoms with Gasteiger partial charge in [0, 0.05) is 23.8 Å². The van der Waals surface area contributed by atoms with E-state index in [0.29, 0.717) is 0 Å². The quantitative estimate of drug-likeness (QED) is 0.733. The fraction of sp³-hybridized carbons (Fsp3) is 0.500. The molecule has 2 saturated heterocycles. The molecular weight excluding hydrogens is 379 g/mol. The highest BCUT2D eigenvalue weighted by atomic mass is 19.4. The maximum atomic E-state index is 12.8. The number of benzene rings is 1. The molecule has 0 N–H and O–H groups in total. The number of alkyl halides is 3. The molecule has 28 heavy (non-hydrogen) atoms. The van der Waals surface area contributed by atoms with Crippen molar-refractivity contribution in [2.45, 2.75) is 45.1 Å². The lowest BCUT2D eigenvalue weighted by Gasteiger charge is -2.30. The standard InChI is InChI=1S/C18H20F3N3O4/c1-17(2,3)24-14(25)10-23(16(24)27)13-7-8-22(15(13)26)11-5-4-6-12(9-11)28-18(19,20)21/h4-6,9,13H,7-8,10H2,1-3H3. The van der Waals surface area contributed by atoms with E-state index in [1.807, 2.05) is 0 Å². The van der Waals surface area contributed by atoms with E-state index < -0.39 is 35.6 Å². The lowest BCUT2D eigenvalue weighted by Crippen LogP contribution is -2.49. The number of hydrogen-bond donors (Lipinski definition) is 0. The molecular formula is C18H20F3N3O4. The Morgan fingerprint density at radius 1 is 1.11 bits per heavy atom. The minimum atomic E-state index is -4.84. The highest BCUT2D eigenvalue weighted by Gasteiger charge is 2.49. The predicted molar refractivity (Wildman–Crippen MR) is 92.6 cm³/mol. The van der Waals surface area contributed by atoms with Gasteiger partial charge in [0.15, 0.2) is 0 Å². The van der Waals surface area contributed by atoms with Crippen molar-refractivity contribution in [1.29, 1.82) is 0 Å². The van der Waals surface area contributed by atoms with Gasteiger partial charge in [0.1, 0.15) is 18.3 Å². The number of carbonyl (C=O) groups is 3. The van der Waals surface area contributed by atoms with Crippen LogP contribution in [0.25, 0.3) is 0 Å². The number of carbonyl (C=O) groups excluding carboxylic acids is 3. The first-order valence-electron chi connectivity index (χ1n) is 8.69. The summed E-state index contributed by atoms with van der Waals surface area (Å²) in [7, 11) is 0. The molecule has 0 aromatic heterocycles. The number of anilines is 1. The normalized spacial score (nSPS) is 21.1. The number of ether oxygens (including phenoxy) is 1. The molecule has 0 saturated carbocycles. The van der Waals surface area contributed by atoms with E-state index in [2.05, 4.69) is 4.74 Å². The van der Waals surface area contributed by atoms with Crippen LogP contribution < -0.4 is 9.64 Å². The van der Waals surface area contributed by atoms with Crippen LogP contribution in [0.15, 0.2) is 24.3 Å². The van der Waals surface area contributed by atoms with Crippen LogP contribution in [0.4, 0.5) is 23.7 Å². The molecule has 0 radical (unpaired) electrons. The minimum absolute atomic E-state index is 0.197. The van der Waals surface area contributed by atoms with Gasteiger partial charge in [-0.25, -0.2) is 4.79 Å². The summed E-state index contributed by atoms with van der Waals surface area (Å²) >= 11 is 0. The zero-order valence-electron chi connectivity index (χ0n) is 15.6. The molecule has 0 spiro atoms. The van der Waals surface area contributed by atoms with E-state index in [0.717, 1.165) is 17.0 Å². The largest absolute Gasteiger partial charge is 0.573 e. The van der Waals surface area contributed by atoms with Crippen molar-refractivity contribution >= 4 is 23.5 Å². The number of hydrogen-bond acceptors (Lipinski definition) is 4. The van der Waals surface area contributed by atoms with Crippen LogP contribution in [0.5, 0.6) is 5.75 Å². The topological polar surface area (TPSA) is 70.2 Å². The van der Waals surface area contributed by atoms with Crippen molar-refractivity contribution in [1.82, 2.24) is 9.80 Å². The van der Waals surface area contributed by atoms with E-state index in [1.165, 1.54) is 21.9 Å². The summed E-state index contributed by atoms with van der Waals surface area (Å²) in [6, 6.07) is 3.72. The summed E-state index contributed by atoms with van der Waals surface area (Å²) < 4.78 is 41.2. The average molecular weight is 399 g/mol. The zero-order valence-corrected chi connectivity index (χ0v) is 15.6. The van der Waals surface area contributed by atoms with Gasteiger partial charge in [-0.15, -0.1) is 13.2 Å². The lowest BCUT2D eigenvalue weighted by atomic mass is 10.1. The van der Waals surface area contributed by atoms with Crippen LogP contribution in [0.1, 0.15) is 27.2 Å². The van der Waals surface area contributed by atoms with Crippen LogP contribution in [-0.2, 0) is 9.59 Å². The van der Waals surface area contributed by atoms with Crippen LogP contribution >= 0.6 is 0 Å². The number of imide groups is 1. The number of halogens is 3. The predicted octanol–water partition coefficient (Wildman–Crippen LogP) is 2.75. The first-order valence-corrected chi connectivity index (χ1v) is 8.69. The maximum absolute atomic E-state index is 12.8. The third kappa shape index (κ3) is 3.76. The van der Waals surface area contributed by atoms with E-state index >= 15 is 0 Å². The van der Waals surface area contributed by atoms with E-state index in [4.69, 9.17) is 0 Å². The fourth-order valence-electron chi connectivity index (χ4n) is 3.48. The molecule has 2 fully saturated rings. The summed E-state index contributed by atoms with van der Waals surface area (Å²) in [6.07, 6.45) is -4.56. The Labute approximate surface area is 159 Å². The van der Waals surface area contributed by atoms with Crippen LogP contribution in [0.2, 0.25) is 0 Å². The lowest BCUT2D eigenvalue weighted by molar-refractivity contribution is -0.274.